The van der Waals surface area contributed by atoms with E-state index in [1.165, 1.54) is 12.0 Å². The monoisotopic (exact) mass is 516 g/mol. The molecule has 1 atom stereocenters. The predicted molar refractivity (Wildman–Crippen MR) is 147 cm³/mol. The van der Waals surface area contributed by atoms with Crippen molar-refractivity contribution < 1.29 is 19.4 Å². The Morgan fingerprint density at radius 2 is 1.62 bits per heavy atom. The van der Waals surface area contributed by atoms with E-state index in [0.717, 1.165) is 48.3 Å². The topological polar surface area (TPSA) is 70.1 Å². The number of halogens is 1. The maximum Gasteiger partial charge on any atom is 0.300 e. The molecular weight excluding hydrogens is 488 g/mol. The van der Waals surface area contributed by atoms with Gasteiger partial charge in [-0.3, -0.25) is 14.5 Å². The Morgan fingerprint density at radius 1 is 0.946 bits per heavy atom. The van der Waals surface area contributed by atoms with Crippen molar-refractivity contribution >= 4 is 40.4 Å². The van der Waals surface area contributed by atoms with E-state index in [9.17, 15) is 14.7 Å². The molecule has 2 saturated heterocycles. The van der Waals surface area contributed by atoms with Crippen LogP contribution in [-0.4, -0.2) is 37.0 Å². The van der Waals surface area contributed by atoms with Crippen molar-refractivity contribution in [3.63, 3.8) is 0 Å². The summed E-state index contributed by atoms with van der Waals surface area (Å²) in [4.78, 5) is 30.8. The zero-order valence-corrected chi connectivity index (χ0v) is 21.9. The number of ketones is 1. The molecule has 1 unspecified atom stereocenters. The van der Waals surface area contributed by atoms with E-state index in [1.54, 1.807) is 12.1 Å². The molecule has 2 heterocycles. The zero-order valence-electron chi connectivity index (χ0n) is 21.1. The lowest BCUT2D eigenvalue weighted by Gasteiger charge is -2.27. The molecule has 3 aromatic rings. The van der Waals surface area contributed by atoms with E-state index in [-0.39, 0.29) is 22.6 Å². The molecular formula is C30H29ClN2O4. The summed E-state index contributed by atoms with van der Waals surface area (Å²) in [5, 5.41) is 11.9. The van der Waals surface area contributed by atoms with Gasteiger partial charge in [0.2, 0.25) is 0 Å². The molecule has 7 heteroatoms. The average molecular weight is 517 g/mol. The summed E-state index contributed by atoms with van der Waals surface area (Å²) >= 11 is 6.39. The Hall–Kier alpha value is -3.77. The summed E-state index contributed by atoms with van der Waals surface area (Å²) in [6.07, 6.45) is 2.33. The first-order valence-electron chi connectivity index (χ1n) is 12.4. The summed E-state index contributed by atoms with van der Waals surface area (Å²) in [5.74, 6) is -1.52. The molecule has 190 valence electrons. The Labute approximate surface area is 221 Å². The number of ether oxygens (including phenoxy) is 1. The number of hydrogen-bond donors (Lipinski definition) is 1. The number of aliphatic hydroxyl groups excluding tert-OH is 1. The Bertz CT molecular complexity index is 1410. The van der Waals surface area contributed by atoms with E-state index in [2.05, 4.69) is 4.90 Å². The quantitative estimate of drug-likeness (QED) is 0.249. The van der Waals surface area contributed by atoms with Gasteiger partial charge in [-0.1, -0.05) is 41.4 Å². The molecule has 6 nitrogen and oxygen atoms in total. The van der Waals surface area contributed by atoms with Gasteiger partial charge in [0.1, 0.15) is 11.5 Å². The van der Waals surface area contributed by atoms with Crippen LogP contribution >= 0.6 is 11.6 Å². The molecule has 1 N–H and O–H groups in total. The van der Waals surface area contributed by atoms with Crippen LogP contribution in [0.15, 0.2) is 66.2 Å². The SMILES string of the molecule is COc1c(Cl)cc(C)cc1/C(O)=C1\C(=O)C(=O)N(c2ccc(N3CCCC3)cc2)C1c1cccc(C)c1. The lowest BCUT2D eigenvalue weighted by Crippen LogP contribution is -2.29. The van der Waals surface area contributed by atoms with Crippen LogP contribution in [0.5, 0.6) is 5.75 Å². The Balaban J connectivity index is 1.68. The highest BCUT2D eigenvalue weighted by Gasteiger charge is 2.47. The number of carbonyl (C=O) groups excluding carboxylic acids is 2. The van der Waals surface area contributed by atoms with Crippen LogP contribution in [-0.2, 0) is 9.59 Å². The summed E-state index contributed by atoms with van der Waals surface area (Å²) in [5.41, 5.74) is 4.43. The smallest absolute Gasteiger partial charge is 0.300 e. The molecule has 2 fully saturated rings. The van der Waals surface area contributed by atoms with Crippen molar-refractivity contribution in [1.29, 1.82) is 0 Å². The fourth-order valence-electron chi connectivity index (χ4n) is 5.31. The van der Waals surface area contributed by atoms with Gasteiger partial charge in [0.05, 0.1) is 29.3 Å². The second-order valence-corrected chi connectivity index (χ2v) is 10.0. The minimum atomic E-state index is -0.818. The Morgan fingerprint density at radius 3 is 2.27 bits per heavy atom. The molecule has 0 radical (unpaired) electrons. The molecule has 0 aromatic heterocycles. The number of Topliss-reactive ketones (excluding diaryl/α,β-unsaturated/α-hetero) is 1. The highest BCUT2D eigenvalue weighted by molar-refractivity contribution is 6.51. The number of rotatable bonds is 5. The van der Waals surface area contributed by atoms with E-state index in [0.29, 0.717) is 10.7 Å². The normalized spacial score (nSPS) is 19.1. The number of benzene rings is 3. The summed E-state index contributed by atoms with van der Waals surface area (Å²) in [6, 6.07) is 17.9. The van der Waals surface area contributed by atoms with Gasteiger partial charge in [-0.2, -0.15) is 0 Å². The molecule has 0 spiro atoms. The summed E-state index contributed by atoms with van der Waals surface area (Å²) in [7, 11) is 1.45. The zero-order chi connectivity index (χ0) is 26.3. The van der Waals surface area contributed by atoms with Crippen molar-refractivity contribution in [1.82, 2.24) is 0 Å². The third kappa shape index (κ3) is 4.46. The first-order chi connectivity index (χ1) is 17.8. The highest BCUT2D eigenvalue weighted by atomic mass is 35.5. The standard InChI is InChI=1S/C30H29ClN2O4/c1-18-7-6-8-20(15-18)26-25(27(34)23-16-19(2)17-24(31)29(23)37-3)28(35)30(36)33(26)22-11-9-21(10-12-22)32-13-4-5-14-32/h6-12,15-17,26,34H,4-5,13-14H2,1-3H3/b27-25+. The molecule has 37 heavy (non-hydrogen) atoms. The van der Waals surface area contributed by atoms with Crippen molar-refractivity contribution in [2.24, 2.45) is 0 Å². The van der Waals surface area contributed by atoms with E-state index < -0.39 is 17.7 Å². The number of nitrogens with zero attached hydrogens (tertiary/aromatic N) is 2. The van der Waals surface area contributed by atoms with Gasteiger partial charge in [-0.15, -0.1) is 0 Å². The third-order valence-electron chi connectivity index (χ3n) is 7.05. The second kappa shape index (κ2) is 9.94. The van der Waals surface area contributed by atoms with Gasteiger partial charge in [0, 0.05) is 24.5 Å². The molecule has 2 aliphatic rings. The van der Waals surface area contributed by atoms with Crippen molar-refractivity contribution in [2.45, 2.75) is 32.7 Å². The van der Waals surface area contributed by atoms with Crippen molar-refractivity contribution in [3.8, 4) is 5.75 Å². The fraction of sp³-hybridized carbons (Fsp3) is 0.267. The minimum absolute atomic E-state index is 0.000754. The number of amides is 1. The molecule has 0 saturated carbocycles. The molecule has 0 aliphatic carbocycles. The lowest BCUT2D eigenvalue weighted by molar-refractivity contribution is -0.132. The first-order valence-corrected chi connectivity index (χ1v) is 12.7. The summed E-state index contributed by atoms with van der Waals surface area (Å²) < 4.78 is 5.47. The van der Waals surface area contributed by atoms with Gasteiger partial charge in [-0.05, 0) is 74.2 Å². The average Bonchev–Trinajstić information content (AvgIpc) is 3.51. The number of aryl methyl sites for hydroxylation is 2. The van der Waals surface area contributed by atoms with Crippen molar-refractivity contribution in [3.05, 3.63) is 93.5 Å². The molecule has 0 bridgehead atoms. The van der Waals surface area contributed by atoms with Gasteiger partial charge >= 0.3 is 0 Å². The van der Waals surface area contributed by atoms with Crippen LogP contribution in [0.3, 0.4) is 0 Å². The maximum atomic E-state index is 13.5. The number of methoxy groups -OCH3 is 1. The van der Waals surface area contributed by atoms with Crippen LogP contribution in [0.4, 0.5) is 11.4 Å². The third-order valence-corrected chi connectivity index (χ3v) is 7.33. The number of carbonyl (C=O) groups is 2. The Kier molecular flexibility index (Phi) is 6.69. The lowest BCUT2D eigenvalue weighted by atomic mass is 9.93. The highest BCUT2D eigenvalue weighted by Crippen LogP contribution is 2.45. The second-order valence-electron chi connectivity index (χ2n) is 9.62. The maximum absolute atomic E-state index is 13.5. The van der Waals surface area contributed by atoms with Gasteiger partial charge in [-0.25, -0.2) is 0 Å². The largest absolute Gasteiger partial charge is 0.507 e. The van der Waals surface area contributed by atoms with Crippen LogP contribution in [0.25, 0.3) is 5.76 Å². The van der Waals surface area contributed by atoms with Crippen molar-refractivity contribution in [2.75, 3.05) is 30.0 Å². The molecule has 3 aromatic carbocycles. The fourth-order valence-corrected chi connectivity index (χ4v) is 5.66. The minimum Gasteiger partial charge on any atom is -0.507 e. The van der Waals surface area contributed by atoms with Gasteiger partial charge in [0.15, 0.2) is 0 Å². The van der Waals surface area contributed by atoms with E-state index in [1.807, 2.05) is 62.4 Å². The summed E-state index contributed by atoms with van der Waals surface area (Å²) in [6.45, 7) is 5.80. The van der Waals surface area contributed by atoms with E-state index >= 15 is 0 Å². The molecule has 5 rings (SSSR count). The van der Waals surface area contributed by atoms with Gasteiger partial charge in [0.25, 0.3) is 11.7 Å². The van der Waals surface area contributed by atoms with Gasteiger partial charge < -0.3 is 14.7 Å². The van der Waals surface area contributed by atoms with Crippen LogP contribution in [0.2, 0.25) is 5.02 Å². The van der Waals surface area contributed by atoms with Crippen LogP contribution in [0.1, 0.15) is 41.1 Å². The van der Waals surface area contributed by atoms with E-state index in [4.69, 9.17) is 16.3 Å². The predicted octanol–water partition coefficient (Wildman–Crippen LogP) is 6.19. The molecule has 2 aliphatic heterocycles. The first kappa shape index (κ1) is 24.9. The van der Waals surface area contributed by atoms with Crippen LogP contribution in [0, 0.1) is 13.8 Å². The van der Waals surface area contributed by atoms with Crippen LogP contribution < -0.4 is 14.5 Å². The number of hydrogen-bond acceptors (Lipinski definition) is 5. The number of anilines is 2. The number of aliphatic hydroxyl groups is 1. The molecule has 1 amide bonds.